The van der Waals surface area contributed by atoms with Crippen LogP contribution in [-0.2, 0) is 0 Å². The smallest absolute Gasteiger partial charge is 0.124 e. The number of benzene rings is 3. The zero-order valence-electron chi connectivity index (χ0n) is 17.6. The summed E-state index contributed by atoms with van der Waals surface area (Å²) in [5.74, 6) is -0.213. The van der Waals surface area contributed by atoms with Gasteiger partial charge in [0.05, 0.1) is 16.8 Å². The summed E-state index contributed by atoms with van der Waals surface area (Å²) in [5, 5.41) is 4.08. The molecule has 1 saturated heterocycles. The molecular weight excluding hydrogens is 486 g/mol. The first-order valence-electron chi connectivity index (χ1n) is 10.5. The van der Waals surface area contributed by atoms with Crippen molar-refractivity contribution >= 4 is 56.5 Å². The van der Waals surface area contributed by atoms with Gasteiger partial charge in [-0.2, -0.15) is 0 Å². The van der Waals surface area contributed by atoms with Gasteiger partial charge in [0.15, 0.2) is 0 Å². The van der Waals surface area contributed by atoms with Gasteiger partial charge < -0.3 is 4.90 Å². The molecule has 1 fully saturated rings. The van der Waals surface area contributed by atoms with Crippen molar-refractivity contribution in [2.75, 3.05) is 11.4 Å². The Labute approximate surface area is 206 Å². The summed E-state index contributed by atoms with van der Waals surface area (Å²) >= 11 is 18.9. The van der Waals surface area contributed by atoms with Gasteiger partial charge in [0.2, 0.25) is 0 Å². The number of nitrogens with one attached hydrogen (secondary N) is 1. The molecule has 3 unspecified atom stereocenters. The minimum absolute atomic E-state index is 0.118. The second-order valence-electron chi connectivity index (χ2n) is 7.73. The highest BCUT2D eigenvalue weighted by Gasteiger charge is 2.31. The Morgan fingerprint density at radius 3 is 2.44 bits per heavy atom. The minimum atomic E-state index is -0.339. The fourth-order valence-corrected chi connectivity index (χ4v) is 6.36. The second kappa shape index (κ2) is 10.6. The summed E-state index contributed by atoms with van der Waals surface area (Å²) in [5.41, 5.74) is 2.15. The van der Waals surface area contributed by atoms with E-state index in [1.807, 2.05) is 37.3 Å². The predicted molar refractivity (Wildman–Crippen MR) is 138 cm³/mol. The van der Waals surface area contributed by atoms with Crippen molar-refractivity contribution in [1.82, 2.24) is 4.72 Å². The van der Waals surface area contributed by atoms with Crippen LogP contribution in [0, 0.1) is 5.82 Å². The van der Waals surface area contributed by atoms with Crippen LogP contribution in [0.15, 0.2) is 71.6 Å². The van der Waals surface area contributed by atoms with Crippen LogP contribution in [-0.4, -0.2) is 18.0 Å². The van der Waals surface area contributed by atoms with E-state index in [1.54, 1.807) is 18.2 Å². The van der Waals surface area contributed by atoms with E-state index in [4.69, 9.17) is 34.8 Å². The van der Waals surface area contributed by atoms with Crippen molar-refractivity contribution in [2.45, 2.75) is 36.7 Å². The van der Waals surface area contributed by atoms with Crippen molar-refractivity contribution in [3.05, 3.63) is 93.2 Å². The Bertz CT molecular complexity index is 1120. The Kier molecular flexibility index (Phi) is 7.80. The zero-order valence-corrected chi connectivity index (χ0v) is 20.7. The topological polar surface area (TPSA) is 15.3 Å². The number of hydrogen-bond donors (Lipinski definition) is 1. The van der Waals surface area contributed by atoms with Crippen molar-refractivity contribution in [3.8, 4) is 0 Å². The van der Waals surface area contributed by atoms with Crippen LogP contribution in [0.25, 0.3) is 0 Å². The van der Waals surface area contributed by atoms with Gasteiger partial charge in [-0.05, 0) is 79.2 Å². The molecule has 0 aliphatic carbocycles. The molecule has 4 rings (SSSR count). The molecule has 168 valence electrons. The Morgan fingerprint density at radius 1 is 1.00 bits per heavy atom. The molecule has 0 amide bonds. The Balaban J connectivity index is 1.62. The Hall–Kier alpha value is -1.56. The van der Waals surface area contributed by atoms with Crippen molar-refractivity contribution < 1.29 is 4.39 Å². The third kappa shape index (κ3) is 5.49. The normalized spacial score (nSPS) is 19.8. The quantitative estimate of drug-likeness (QED) is 0.349. The lowest BCUT2D eigenvalue weighted by molar-refractivity contribution is 0.404. The van der Waals surface area contributed by atoms with Gasteiger partial charge in [-0.3, -0.25) is 4.72 Å². The SMILES string of the molecule is C/C=S(/NC1CCN(c2ccc(Cl)cc2Cl)C(c2ccc(Cl)cc2)C1)c1cccc(F)c1. The van der Waals surface area contributed by atoms with Crippen LogP contribution in [0.5, 0.6) is 0 Å². The third-order valence-electron chi connectivity index (χ3n) is 5.66. The zero-order chi connectivity index (χ0) is 22.7. The van der Waals surface area contributed by atoms with E-state index >= 15 is 0 Å². The Morgan fingerprint density at radius 2 is 1.75 bits per heavy atom. The number of hydrogen-bond acceptors (Lipinski definition) is 2. The maximum atomic E-state index is 13.8. The summed E-state index contributed by atoms with van der Waals surface area (Å²) in [6.07, 6.45) is 1.82. The van der Waals surface area contributed by atoms with Crippen LogP contribution in [0.2, 0.25) is 15.1 Å². The van der Waals surface area contributed by atoms with Crippen LogP contribution >= 0.6 is 45.5 Å². The van der Waals surface area contributed by atoms with Crippen molar-refractivity contribution in [3.63, 3.8) is 0 Å². The maximum absolute atomic E-state index is 13.8. The maximum Gasteiger partial charge on any atom is 0.124 e. The molecule has 1 N–H and O–H groups in total. The van der Waals surface area contributed by atoms with E-state index in [0.29, 0.717) is 15.1 Å². The van der Waals surface area contributed by atoms with E-state index in [1.165, 1.54) is 11.6 Å². The number of halogens is 4. The average molecular weight is 510 g/mol. The number of piperidine rings is 1. The van der Waals surface area contributed by atoms with E-state index in [0.717, 1.165) is 30.0 Å². The molecule has 0 aromatic heterocycles. The molecule has 7 heteroatoms. The highest BCUT2D eigenvalue weighted by molar-refractivity contribution is 8.13. The fraction of sp³-hybridized carbons (Fsp3) is 0.240. The van der Waals surface area contributed by atoms with E-state index in [-0.39, 0.29) is 28.6 Å². The van der Waals surface area contributed by atoms with Crippen LogP contribution in [0.1, 0.15) is 31.4 Å². The summed E-state index contributed by atoms with van der Waals surface area (Å²) in [7, 11) is -0.339. The first kappa shape index (κ1) is 23.6. The molecular formula is C25H24Cl3FN2S. The van der Waals surface area contributed by atoms with Gasteiger partial charge >= 0.3 is 0 Å². The molecule has 3 aromatic carbocycles. The molecule has 3 atom stereocenters. The van der Waals surface area contributed by atoms with E-state index in [9.17, 15) is 4.39 Å². The largest absolute Gasteiger partial charge is 0.363 e. The second-order valence-corrected chi connectivity index (χ2v) is 10.9. The highest BCUT2D eigenvalue weighted by atomic mass is 35.5. The molecule has 32 heavy (non-hydrogen) atoms. The van der Waals surface area contributed by atoms with Gasteiger partial charge in [-0.25, -0.2) is 4.39 Å². The van der Waals surface area contributed by atoms with Gasteiger partial charge in [-0.15, -0.1) is 0 Å². The molecule has 3 aromatic rings. The monoisotopic (exact) mass is 508 g/mol. The molecule has 1 aliphatic heterocycles. The summed E-state index contributed by atoms with van der Waals surface area (Å²) in [6, 6.07) is 20.8. The highest BCUT2D eigenvalue weighted by Crippen LogP contribution is 2.40. The lowest BCUT2D eigenvalue weighted by atomic mass is 9.91. The molecule has 0 bridgehead atoms. The summed E-state index contributed by atoms with van der Waals surface area (Å²) in [6.45, 7) is 2.84. The first-order chi connectivity index (χ1) is 15.4. The van der Waals surface area contributed by atoms with E-state index < -0.39 is 0 Å². The molecule has 2 nitrogen and oxygen atoms in total. The minimum Gasteiger partial charge on any atom is -0.363 e. The van der Waals surface area contributed by atoms with Crippen molar-refractivity contribution in [1.29, 1.82) is 0 Å². The van der Waals surface area contributed by atoms with Crippen molar-refractivity contribution in [2.24, 2.45) is 0 Å². The fourth-order valence-electron chi connectivity index (χ4n) is 4.13. The molecule has 1 heterocycles. The van der Waals surface area contributed by atoms with E-state index in [2.05, 4.69) is 27.1 Å². The van der Waals surface area contributed by atoms with Gasteiger partial charge in [0, 0.05) is 27.5 Å². The molecule has 0 spiro atoms. The van der Waals surface area contributed by atoms with Gasteiger partial charge in [0.1, 0.15) is 5.82 Å². The third-order valence-corrected chi connectivity index (χ3v) is 8.27. The first-order valence-corrected chi connectivity index (χ1v) is 12.9. The average Bonchev–Trinajstić information content (AvgIpc) is 2.78. The summed E-state index contributed by atoms with van der Waals surface area (Å²) < 4.78 is 17.5. The summed E-state index contributed by atoms with van der Waals surface area (Å²) in [4.78, 5) is 3.30. The lowest BCUT2D eigenvalue weighted by Crippen LogP contribution is -2.43. The van der Waals surface area contributed by atoms with Crippen LogP contribution in [0.3, 0.4) is 0 Å². The lowest BCUT2D eigenvalue weighted by Gasteiger charge is -2.42. The van der Waals surface area contributed by atoms with Gasteiger partial charge in [0.25, 0.3) is 0 Å². The van der Waals surface area contributed by atoms with Gasteiger partial charge in [-0.1, -0.05) is 63.7 Å². The molecule has 1 aliphatic rings. The molecule has 0 radical (unpaired) electrons. The number of rotatable bonds is 5. The number of nitrogens with zero attached hydrogens (tertiary/aromatic N) is 1. The number of anilines is 1. The molecule has 0 saturated carbocycles. The van der Waals surface area contributed by atoms with Crippen LogP contribution < -0.4 is 9.62 Å². The van der Waals surface area contributed by atoms with Crippen LogP contribution in [0.4, 0.5) is 10.1 Å². The predicted octanol–water partition coefficient (Wildman–Crippen LogP) is 8.15. The standard InChI is InChI=1S/C25H24Cl3FN2S/c1-2-32(22-5-3-4-20(29)15-22)30-21-12-13-31(24-11-10-19(27)14-23(24)28)25(16-21)17-6-8-18(26)9-7-17/h2-11,14-15,21,25,30H,12-13,16H2,1H3.